The second kappa shape index (κ2) is 11.2. The topological polar surface area (TPSA) is 51.8 Å². The lowest BCUT2D eigenvalue weighted by atomic mass is 9.95. The zero-order chi connectivity index (χ0) is 31.2. The Morgan fingerprint density at radius 3 is 1.49 bits per heavy atom. The maximum Gasteiger partial charge on any atom is 0.164 e. The lowest BCUT2D eigenvalue weighted by Gasteiger charge is -2.10. The van der Waals surface area contributed by atoms with E-state index in [0.717, 1.165) is 55.3 Å². The second-order valence-corrected chi connectivity index (χ2v) is 11.7. The summed E-state index contributed by atoms with van der Waals surface area (Å²) in [6.07, 6.45) is 0. The maximum absolute atomic E-state index is 6.17. The molecule has 2 aromatic heterocycles. The fourth-order valence-corrected chi connectivity index (χ4v) is 6.35. The van der Waals surface area contributed by atoms with Crippen molar-refractivity contribution >= 4 is 32.7 Å². The molecule has 0 aliphatic carbocycles. The largest absolute Gasteiger partial charge is 0.456 e. The third-order valence-corrected chi connectivity index (χ3v) is 8.73. The molecule has 7 aromatic carbocycles. The van der Waals surface area contributed by atoms with E-state index in [4.69, 9.17) is 19.4 Å². The van der Waals surface area contributed by atoms with Gasteiger partial charge in [-0.05, 0) is 57.3 Å². The average molecular weight is 602 g/mol. The Morgan fingerprint density at radius 2 is 0.809 bits per heavy atom. The van der Waals surface area contributed by atoms with Crippen LogP contribution in [0.4, 0.5) is 0 Å². The Balaban J connectivity index is 1.08. The molecule has 0 unspecified atom stereocenters. The van der Waals surface area contributed by atoms with Crippen molar-refractivity contribution in [3.05, 3.63) is 164 Å². The van der Waals surface area contributed by atoms with Gasteiger partial charge in [0.15, 0.2) is 17.5 Å². The van der Waals surface area contributed by atoms with Gasteiger partial charge in [-0.3, -0.25) is 0 Å². The number of hydrogen-bond donors (Lipinski definition) is 0. The first kappa shape index (κ1) is 27.0. The summed E-state index contributed by atoms with van der Waals surface area (Å²) in [5.74, 6) is 1.96. The first-order chi connectivity index (χ1) is 23.3. The van der Waals surface area contributed by atoms with E-state index in [9.17, 15) is 0 Å². The number of nitrogens with zero attached hydrogens (tertiary/aromatic N) is 3. The molecule has 0 aliphatic rings. The van der Waals surface area contributed by atoms with E-state index in [-0.39, 0.29) is 0 Å². The van der Waals surface area contributed by atoms with Gasteiger partial charge in [-0.15, -0.1) is 0 Å². The van der Waals surface area contributed by atoms with E-state index in [1.165, 1.54) is 16.3 Å². The first-order valence-corrected chi connectivity index (χ1v) is 15.7. The molecule has 0 amide bonds. The van der Waals surface area contributed by atoms with E-state index < -0.39 is 0 Å². The van der Waals surface area contributed by atoms with Crippen molar-refractivity contribution in [2.45, 2.75) is 0 Å². The molecule has 0 N–H and O–H groups in total. The number of fused-ring (bicyclic) bond motifs is 5. The minimum Gasteiger partial charge on any atom is -0.456 e. The van der Waals surface area contributed by atoms with E-state index >= 15 is 0 Å². The van der Waals surface area contributed by atoms with Crippen molar-refractivity contribution in [2.24, 2.45) is 0 Å². The molecule has 220 valence electrons. The summed E-state index contributed by atoms with van der Waals surface area (Å²) in [6, 6.07) is 56.5. The predicted molar refractivity (Wildman–Crippen MR) is 192 cm³/mol. The van der Waals surface area contributed by atoms with Gasteiger partial charge in [0.2, 0.25) is 0 Å². The van der Waals surface area contributed by atoms with E-state index in [2.05, 4.69) is 91.0 Å². The van der Waals surface area contributed by atoms with Gasteiger partial charge in [-0.2, -0.15) is 0 Å². The molecule has 0 saturated heterocycles. The molecule has 0 atom stereocenters. The number of furan rings is 1. The van der Waals surface area contributed by atoms with E-state index in [0.29, 0.717) is 17.5 Å². The van der Waals surface area contributed by atoms with Gasteiger partial charge in [0, 0.05) is 27.5 Å². The molecule has 9 aromatic rings. The van der Waals surface area contributed by atoms with Gasteiger partial charge in [0.1, 0.15) is 11.2 Å². The smallest absolute Gasteiger partial charge is 0.164 e. The molecule has 2 heterocycles. The van der Waals surface area contributed by atoms with Crippen LogP contribution in [0.3, 0.4) is 0 Å². The van der Waals surface area contributed by atoms with Crippen LogP contribution in [0.2, 0.25) is 0 Å². The number of benzene rings is 7. The van der Waals surface area contributed by atoms with Crippen molar-refractivity contribution in [3.63, 3.8) is 0 Å². The molecule has 0 fully saturated rings. The lowest BCUT2D eigenvalue weighted by Crippen LogP contribution is -2.00. The van der Waals surface area contributed by atoms with Gasteiger partial charge >= 0.3 is 0 Å². The molecule has 0 aliphatic heterocycles. The van der Waals surface area contributed by atoms with Crippen LogP contribution in [0.5, 0.6) is 0 Å². The Hall–Kier alpha value is -6.39. The molecule has 0 spiro atoms. The highest BCUT2D eigenvalue weighted by Crippen LogP contribution is 2.37. The van der Waals surface area contributed by atoms with Gasteiger partial charge in [-0.25, -0.2) is 15.0 Å². The molecular weight excluding hydrogens is 574 g/mol. The van der Waals surface area contributed by atoms with E-state index in [1.54, 1.807) is 0 Å². The summed E-state index contributed by atoms with van der Waals surface area (Å²) < 4.78 is 6.17. The molecule has 4 heteroatoms. The summed E-state index contributed by atoms with van der Waals surface area (Å²) in [6.45, 7) is 0. The van der Waals surface area contributed by atoms with Crippen LogP contribution in [0.1, 0.15) is 0 Å². The highest BCUT2D eigenvalue weighted by molar-refractivity contribution is 6.19. The lowest BCUT2D eigenvalue weighted by molar-refractivity contribution is 0.669. The fraction of sp³-hybridized carbons (Fsp3) is 0. The Labute approximate surface area is 271 Å². The monoisotopic (exact) mass is 601 g/mol. The predicted octanol–water partition coefficient (Wildman–Crippen LogP) is 11.3. The Kier molecular flexibility index (Phi) is 6.43. The molecule has 0 radical (unpaired) electrons. The van der Waals surface area contributed by atoms with Gasteiger partial charge in [0.05, 0.1) is 0 Å². The zero-order valence-corrected chi connectivity index (χ0v) is 25.3. The number of rotatable bonds is 5. The van der Waals surface area contributed by atoms with Crippen molar-refractivity contribution in [1.82, 2.24) is 15.0 Å². The minimum atomic E-state index is 0.646. The SMILES string of the molecule is c1ccc(-c2nc(-c3ccccc3)nc(-c3ccc(-c4cccc(-c5ccc6ccc7oc8ccccc8c7c6c5)c4)cc3)n2)cc1. The summed E-state index contributed by atoms with van der Waals surface area (Å²) in [7, 11) is 0. The highest BCUT2D eigenvalue weighted by atomic mass is 16.3. The molecule has 0 saturated carbocycles. The third-order valence-electron chi connectivity index (χ3n) is 8.73. The molecular formula is C43H27N3O. The normalized spacial score (nSPS) is 11.4. The summed E-state index contributed by atoms with van der Waals surface area (Å²) >= 11 is 0. The van der Waals surface area contributed by atoms with Crippen LogP contribution in [0.25, 0.3) is 89.1 Å². The van der Waals surface area contributed by atoms with Gasteiger partial charge < -0.3 is 4.42 Å². The maximum atomic E-state index is 6.17. The quantitative estimate of drug-likeness (QED) is 0.197. The molecule has 4 nitrogen and oxygen atoms in total. The number of hydrogen-bond acceptors (Lipinski definition) is 4. The Morgan fingerprint density at radius 1 is 0.319 bits per heavy atom. The fourth-order valence-electron chi connectivity index (χ4n) is 6.35. The standard InChI is InChI=1S/C43H27N3O/c1-3-10-30(11-4-1)41-44-42(31-12-5-2-6-13-31)46-43(45-41)32-21-18-28(19-22-32)33-14-9-15-34(26-33)35-23-20-29-24-25-39-40(37(29)27-35)36-16-7-8-17-38(36)47-39/h1-27H. The van der Waals surface area contributed by atoms with Crippen LogP contribution in [-0.2, 0) is 0 Å². The van der Waals surface area contributed by atoms with Crippen LogP contribution in [0, 0.1) is 0 Å². The molecule has 47 heavy (non-hydrogen) atoms. The van der Waals surface area contributed by atoms with Crippen molar-refractivity contribution < 1.29 is 4.42 Å². The van der Waals surface area contributed by atoms with Crippen molar-refractivity contribution in [2.75, 3.05) is 0 Å². The van der Waals surface area contributed by atoms with E-state index in [1.807, 2.05) is 72.8 Å². The van der Waals surface area contributed by atoms with Crippen molar-refractivity contribution in [3.8, 4) is 56.4 Å². The van der Waals surface area contributed by atoms with Crippen LogP contribution in [0.15, 0.2) is 168 Å². The number of aromatic nitrogens is 3. The third kappa shape index (κ3) is 4.93. The zero-order valence-electron chi connectivity index (χ0n) is 25.3. The van der Waals surface area contributed by atoms with Crippen molar-refractivity contribution in [1.29, 1.82) is 0 Å². The second-order valence-electron chi connectivity index (χ2n) is 11.7. The van der Waals surface area contributed by atoms with Crippen LogP contribution >= 0.6 is 0 Å². The summed E-state index contributed by atoms with van der Waals surface area (Å²) in [5, 5.41) is 4.70. The number of para-hydroxylation sites is 1. The summed E-state index contributed by atoms with van der Waals surface area (Å²) in [5.41, 5.74) is 9.27. The minimum absolute atomic E-state index is 0.646. The van der Waals surface area contributed by atoms with Gasteiger partial charge in [0.25, 0.3) is 0 Å². The van der Waals surface area contributed by atoms with Crippen LogP contribution in [-0.4, -0.2) is 15.0 Å². The Bertz CT molecular complexity index is 2500. The highest BCUT2D eigenvalue weighted by Gasteiger charge is 2.14. The van der Waals surface area contributed by atoms with Crippen LogP contribution < -0.4 is 0 Å². The first-order valence-electron chi connectivity index (χ1n) is 15.7. The molecule has 9 rings (SSSR count). The summed E-state index contributed by atoms with van der Waals surface area (Å²) in [4.78, 5) is 14.6. The average Bonchev–Trinajstić information content (AvgIpc) is 3.55. The molecule has 0 bridgehead atoms. The van der Waals surface area contributed by atoms with Gasteiger partial charge in [-0.1, -0.05) is 140 Å².